The zero-order chi connectivity index (χ0) is 25.5. The normalized spacial score (nSPS) is 11.7. The maximum absolute atomic E-state index is 14.5. The van der Waals surface area contributed by atoms with E-state index in [0.717, 1.165) is 4.90 Å². The fourth-order valence-corrected chi connectivity index (χ4v) is 3.27. The molecule has 1 atom stereocenters. The summed E-state index contributed by atoms with van der Waals surface area (Å²) in [6.07, 6.45) is -1.18. The molecule has 3 aromatic rings. The van der Waals surface area contributed by atoms with E-state index in [1.165, 1.54) is 7.05 Å². The highest BCUT2D eigenvalue weighted by atomic mass is 19.1. The SMILES string of the molecule is CCC(CO)Oc1nc(Oc2cc(CCO)cc(-c3cccc(N(C)C(=O)O)c3)c2)c(F)cc1F. The Bertz CT molecular complexity index is 1190. The van der Waals surface area contributed by atoms with Gasteiger partial charge in [0.1, 0.15) is 11.9 Å². The van der Waals surface area contributed by atoms with Gasteiger partial charge in [-0.1, -0.05) is 25.1 Å². The summed E-state index contributed by atoms with van der Waals surface area (Å²) in [5, 5.41) is 28.0. The lowest BCUT2D eigenvalue weighted by Crippen LogP contribution is -2.23. The van der Waals surface area contributed by atoms with Gasteiger partial charge in [-0.3, -0.25) is 4.90 Å². The maximum atomic E-state index is 14.5. The van der Waals surface area contributed by atoms with Crippen LogP contribution < -0.4 is 14.4 Å². The molecule has 0 aliphatic rings. The van der Waals surface area contributed by atoms with Gasteiger partial charge >= 0.3 is 6.09 Å². The fourth-order valence-electron chi connectivity index (χ4n) is 3.27. The highest BCUT2D eigenvalue weighted by Crippen LogP contribution is 2.33. The number of anilines is 1. The topological polar surface area (TPSA) is 112 Å². The number of rotatable bonds is 10. The lowest BCUT2D eigenvalue weighted by atomic mass is 10.0. The third-order valence-corrected chi connectivity index (χ3v) is 5.24. The van der Waals surface area contributed by atoms with Gasteiger partial charge in [-0.25, -0.2) is 13.6 Å². The van der Waals surface area contributed by atoms with E-state index >= 15 is 0 Å². The third kappa shape index (κ3) is 6.43. The molecule has 0 aliphatic carbocycles. The number of amides is 1. The van der Waals surface area contributed by atoms with Gasteiger partial charge in [0, 0.05) is 25.4 Å². The van der Waals surface area contributed by atoms with Crippen LogP contribution in [0.1, 0.15) is 18.9 Å². The summed E-state index contributed by atoms with van der Waals surface area (Å²) < 4.78 is 39.6. The van der Waals surface area contributed by atoms with E-state index in [1.54, 1.807) is 49.4 Å². The van der Waals surface area contributed by atoms with Gasteiger partial charge in [0.25, 0.3) is 11.8 Å². The number of aliphatic hydroxyl groups is 2. The van der Waals surface area contributed by atoms with E-state index in [-0.39, 0.29) is 25.4 Å². The Morgan fingerprint density at radius 1 is 1.06 bits per heavy atom. The van der Waals surface area contributed by atoms with Gasteiger partial charge in [0.2, 0.25) is 0 Å². The van der Waals surface area contributed by atoms with Crippen LogP contribution in [0.15, 0.2) is 48.5 Å². The standard InChI is InChI=1S/C25H26F2N2O6/c1-3-19(14-31)34-23-21(26)13-22(27)24(28-23)35-20-10-15(7-8-30)9-17(12-20)16-5-4-6-18(11-16)29(2)25(32)33/h4-6,9-13,19,30-31H,3,7-8,14H2,1-2H3,(H,32,33). The van der Waals surface area contributed by atoms with Crippen LogP contribution in [0.5, 0.6) is 17.5 Å². The lowest BCUT2D eigenvalue weighted by Gasteiger charge is -2.16. The number of benzene rings is 2. The van der Waals surface area contributed by atoms with Crippen LogP contribution in [0.2, 0.25) is 0 Å². The molecule has 3 rings (SSSR count). The first-order valence-electron chi connectivity index (χ1n) is 10.9. The van der Waals surface area contributed by atoms with E-state index in [0.29, 0.717) is 34.9 Å². The number of aliphatic hydroxyl groups excluding tert-OH is 2. The lowest BCUT2D eigenvalue weighted by molar-refractivity contribution is 0.103. The van der Waals surface area contributed by atoms with E-state index in [9.17, 15) is 28.9 Å². The Balaban J connectivity index is 2.00. The molecule has 3 N–H and O–H groups in total. The Hall–Kier alpha value is -3.76. The smallest absolute Gasteiger partial charge is 0.411 e. The molecule has 0 aliphatic heterocycles. The van der Waals surface area contributed by atoms with Gasteiger partial charge in [0.15, 0.2) is 11.6 Å². The number of aromatic nitrogens is 1. The molecule has 1 unspecified atom stereocenters. The minimum Gasteiger partial charge on any atom is -0.470 e. The highest BCUT2D eigenvalue weighted by molar-refractivity contribution is 5.86. The third-order valence-electron chi connectivity index (χ3n) is 5.24. The molecule has 1 heterocycles. The highest BCUT2D eigenvalue weighted by Gasteiger charge is 2.19. The van der Waals surface area contributed by atoms with Crippen LogP contribution in [0, 0.1) is 11.6 Å². The van der Waals surface area contributed by atoms with Crippen LogP contribution in [0.4, 0.5) is 19.3 Å². The first-order chi connectivity index (χ1) is 16.7. The summed E-state index contributed by atoms with van der Waals surface area (Å²) in [5.74, 6) is -2.94. The van der Waals surface area contributed by atoms with Crippen molar-refractivity contribution < 1.29 is 38.4 Å². The Morgan fingerprint density at radius 3 is 2.46 bits per heavy atom. The molecule has 0 saturated carbocycles. The fraction of sp³-hybridized carbons (Fsp3) is 0.280. The summed E-state index contributed by atoms with van der Waals surface area (Å²) in [4.78, 5) is 16.2. The minimum atomic E-state index is -1.12. The Labute approximate surface area is 201 Å². The number of hydrogen-bond donors (Lipinski definition) is 3. The van der Waals surface area contributed by atoms with Crippen molar-refractivity contribution in [3.8, 4) is 28.6 Å². The zero-order valence-electron chi connectivity index (χ0n) is 19.2. The second-order valence-electron chi connectivity index (χ2n) is 7.73. The molecule has 8 nitrogen and oxygen atoms in total. The van der Waals surface area contributed by atoms with Crippen molar-refractivity contribution in [3.05, 3.63) is 65.7 Å². The molecule has 10 heteroatoms. The van der Waals surface area contributed by atoms with E-state index in [4.69, 9.17) is 9.47 Å². The predicted molar refractivity (Wildman–Crippen MR) is 125 cm³/mol. The number of hydrogen-bond acceptors (Lipinski definition) is 6. The van der Waals surface area contributed by atoms with Crippen molar-refractivity contribution in [1.29, 1.82) is 0 Å². The van der Waals surface area contributed by atoms with Crippen LogP contribution >= 0.6 is 0 Å². The van der Waals surface area contributed by atoms with E-state index < -0.39 is 35.6 Å². The van der Waals surface area contributed by atoms with Crippen molar-refractivity contribution >= 4 is 11.8 Å². The molecule has 0 bridgehead atoms. The molecule has 2 aromatic carbocycles. The van der Waals surface area contributed by atoms with Gasteiger partial charge in [-0.05, 0) is 53.8 Å². The summed E-state index contributed by atoms with van der Waals surface area (Å²) in [5.41, 5.74) is 2.39. The van der Waals surface area contributed by atoms with Gasteiger partial charge < -0.3 is 24.8 Å². The number of carboxylic acid groups (broad SMARTS) is 1. The molecule has 35 heavy (non-hydrogen) atoms. The summed E-state index contributed by atoms with van der Waals surface area (Å²) in [7, 11) is 1.42. The molecule has 186 valence electrons. The summed E-state index contributed by atoms with van der Waals surface area (Å²) >= 11 is 0. The van der Waals surface area contributed by atoms with Gasteiger partial charge in [0.05, 0.1) is 6.61 Å². The van der Waals surface area contributed by atoms with Crippen molar-refractivity contribution in [1.82, 2.24) is 4.98 Å². The maximum Gasteiger partial charge on any atom is 0.411 e. The zero-order valence-corrected chi connectivity index (χ0v) is 19.2. The van der Waals surface area contributed by atoms with Crippen molar-refractivity contribution in [3.63, 3.8) is 0 Å². The Kier molecular flexibility index (Phi) is 8.56. The minimum absolute atomic E-state index is 0.147. The molecule has 1 aromatic heterocycles. The van der Waals surface area contributed by atoms with Crippen LogP contribution in [0.25, 0.3) is 11.1 Å². The first-order valence-corrected chi connectivity index (χ1v) is 10.9. The summed E-state index contributed by atoms with van der Waals surface area (Å²) in [6, 6.07) is 12.3. The number of halogens is 2. The van der Waals surface area contributed by atoms with Crippen molar-refractivity contribution in [2.24, 2.45) is 0 Å². The monoisotopic (exact) mass is 488 g/mol. The predicted octanol–water partition coefficient (Wildman–Crippen LogP) is 4.62. The number of carbonyl (C=O) groups is 1. The van der Waals surface area contributed by atoms with Gasteiger partial charge in [-0.15, -0.1) is 0 Å². The Morgan fingerprint density at radius 2 is 1.80 bits per heavy atom. The average Bonchev–Trinajstić information content (AvgIpc) is 2.84. The number of pyridine rings is 1. The quantitative estimate of drug-likeness (QED) is 0.382. The first kappa shape index (κ1) is 25.9. The number of nitrogens with zero attached hydrogens (tertiary/aromatic N) is 2. The van der Waals surface area contributed by atoms with E-state index in [1.807, 2.05) is 0 Å². The summed E-state index contributed by atoms with van der Waals surface area (Å²) in [6.45, 7) is 1.22. The molecule has 0 fully saturated rings. The molecule has 0 spiro atoms. The van der Waals surface area contributed by atoms with Crippen LogP contribution in [0.3, 0.4) is 0 Å². The van der Waals surface area contributed by atoms with Crippen molar-refractivity contribution in [2.45, 2.75) is 25.9 Å². The largest absolute Gasteiger partial charge is 0.470 e. The molecule has 0 saturated heterocycles. The molecule has 1 amide bonds. The second kappa shape index (κ2) is 11.6. The van der Waals surface area contributed by atoms with Crippen molar-refractivity contribution in [2.75, 3.05) is 25.2 Å². The van der Waals surface area contributed by atoms with Gasteiger partial charge in [-0.2, -0.15) is 4.98 Å². The average molecular weight is 488 g/mol. The molecule has 0 radical (unpaired) electrons. The molecular weight excluding hydrogens is 462 g/mol. The van der Waals surface area contributed by atoms with Crippen LogP contribution in [-0.4, -0.2) is 52.8 Å². The number of ether oxygens (including phenoxy) is 2. The van der Waals surface area contributed by atoms with Crippen LogP contribution in [-0.2, 0) is 6.42 Å². The second-order valence-corrected chi connectivity index (χ2v) is 7.73. The molecular formula is C25H26F2N2O6. The van der Waals surface area contributed by atoms with E-state index in [2.05, 4.69) is 4.98 Å².